The molecule has 0 aliphatic rings. The topological polar surface area (TPSA) is 72.7 Å². The van der Waals surface area contributed by atoms with Gasteiger partial charge < -0.3 is 5.32 Å². The summed E-state index contributed by atoms with van der Waals surface area (Å²) in [6.45, 7) is 0.469. The number of amides is 1. The number of halogens is 2. The Balaban J connectivity index is 1.59. The fourth-order valence-corrected chi connectivity index (χ4v) is 2.74. The SMILES string of the molecule is O=C(CSc1nnnn1Cc1ccccc1)Nc1cc(F)ccc1F. The number of tetrazole rings is 1. The average Bonchev–Trinajstić information content (AvgIpc) is 3.04. The highest BCUT2D eigenvalue weighted by atomic mass is 32.2. The maximum absolute atomic E-state index is 13.5. The third-order valence-corrected chi connectivity index (χ3v) is 4.17. The van der Waals surface area contributed by atoms with Gasteiger partial charge in [-0.2, -0.15) is 0 Å². The second kappa shape index (κ2) is 7.84. The molecule has 0 radical (unpaired) electrons. The normalized spacial score (nSPS) is 10.6. The van der Waals surface area contributed by atoms with Gasteiger partial charge in [-0.05, 0) is 28.1 Å². The largest absolute Gasteiger partial charge is 0.323 e. The molecule has 2 aromatic carbocycles. The standard InChI is InChI=1S/C16H13F2N5OS/c17-12-6-7-13(18)14(8-12)19-15(24)10-25-16-20-21-22-23(16)9-11-4-2-1-3-5-11/h1-8H,9-10H2,(H,19,24). The molecule has 25 heavy (non-hydrogen) atoms. The molecule has 6 nitrogen and oxygen atoms in total. The van der Waals surface area contributed by atoms with E-state index >= 15 is 0 Å². The van der Waals surface area contributed by atoms with Gasteiger partial charge in [0.25, 0.3) is 0 Å². The van der Waals surface area contributed by atoms with E-state index in [1.54, 1.807) is 4.68 Å². The van der Waals surface area contributed by atoms with Crippen LogP contribution < -0.4 is 5.32 Å². The molecule has 0 spiro atoms. The molecule has 0 aliphatic carbocycles. The number of nitrogens with zero attached hydrogens (tertiary/aromatic N) is 4. The molecule has 1 N–H and O–H groups in total. The zero-order valence-corrected chi connectivity index (χ0v) is 13.7. The summed E-state index contributed by atoms with van der Waals surface area (Å²) in [7, 11) is 0. The predicted octanol–water partition coefficient (Wildman–Crippen LogP) is 2.73. The first-order chi connectivity index (χ1) is 12.1. The summed E-state index contributed by atoms with van der Waals surface area (Å²) in [4.78, 5) is 11.9. The second-order valence-corrected chi connectivity index (χ2v) is 6.01. The third kappa shape index (κ3) is 4.60. The Morgan fingerprint density at radius 2 is 1.96 bits per heavy atom. The van der Waals surface area contributed by atoms with Gasteiger partial charge in [-0.15, -0.1) is 5.10 Å². The van der Waals surface area contributed by atoms with Crippen molar-refractivity contribution < 1.29 is 13.6 Å². The van der Waals surface area contributed by atoms with E-state index in [4.69, 9.17) is 0 Å². The molecule has 0 aliphatic heterocycles. The van der Waals surface area contributed by atoms with E-state index in [-0.39, 0.29) is 11.4 Å². The van der Waals surface area contributed by atoms with Crippen molar-refractivity contribution in [1.82, 2.24) is 20.2 Å². The first-order valence-electron chi connectivity index (χ1n) is 7.29. The molecule has 1 aromatic heterocycles. The van der Waals surface area contributed by atoms with Crippen LogP contribution in [-0.2, 0) is 11.3 Å². The Hall–Kier alpha value is -2.81. The van der Waals surface area contributed by atoms with Gasteiger partial charge in [0, 0.05) is 6.07 Å². The number of thioether (sulfide) groups is 1. The number of benzene rings is 2. The van der Waals surface area contributed by atoms with E-state index in [9.17, 15) is 13.6 Å². The molecule has 9 heteroatoms. The molecule has 1 heterocycles. The van der Waals surface area contributed by atoms with Gasteiger partial charge in [-0.25, -0.2) is 13.5 Å². The minimum atomic E-state index is -0.700. The molecule has 1 amide bonds. The third-order valence-electron chi connectivity index (χ3n) is 3.21. The van der Waals surface area contributed by atoms with Crippen molar-refractivity contribution >= 4 is 23.4 Å². The van der Waals surface area contributed by atoms with Crippen molar-refractivity contribution in [2.45, 2.75) is 11.7 Å². The van der Waals surface area contributed by atoms with E-state index in [1.165, 1.54) is 0 Å². The molecule has 0 atom stereocenters. The first-order valence-corrected chi connectivity index (χ1v) is 8.28. The molecule has 128 valence electrons. The van der Waals surface area contributed by atoms with Crippen LogP contribution in [0.1, 0.15) is 5.56 Å². The summed E-state index contributed by atoms with van der Waals surface area (Å²) < 4.78 is 28.2. The quantitative estimate of drug-likeness (QED) is 0.684. The van der Waals surface area contributed by atoms with Gasteiger partial charge in [0.05, 0.1) is 18.0 Å². The lowest BCUT2D eigenvalue weighted by Crippen LogP contribution is -2.16. The number of hydrogen-bond acceptors (Lipinski definition) is 5. The van der Waals surface area contributed by atoms with E-state index in [2.05, 4.69) is 20.8 Å². The summed E-state index contributed by atoms with van der Waals surface area (Å²) in [5.41, 5.74) is 0.817. The van der Waals surface area contributed by atoms with Crippen molar-refractivity contribution in [2.24, 2.45) is 0 Å². The lowest BCUT2D eigenvalue weighted by Gasteiger charge is -2.07. The maximum Gasteiger partial charge on any atom is 0.234 e. The molecule has 0 bridgehead atoms. The van der Waals surface area contributed by atoms with Crippen LogP contribution in [0.3, 0.4) is 0 Å². The number of rotatable bonds is 6. The zero-order chi connectivity index (χ0) is 17.6. The molecule has 0 saturated heterocycles. The van der Waals surface area contributed by atoms with Gasteiger partial charge in [0.15, 0.2) is 0 Å². The molecule has 3 aromatic rings. The minimum absolute atomic E-state index is 0.0366. The van der Waals surface area contributed by atoms with Crippen molar-refractivity contribution in [3.63, 3.8) is 0 Å². The maximum atomic E-state index is 13.5. The number of nitrogens with one attached hydrogen (secondary N) is 1. The van der Waals surface area contributed by atoms with Crippen LogP contribution in [0.4, 0.5) is 14.5 Å². The highest BCUT2D eigenvalue weighted by Gasteiger charge is 2.12. The minimum Gasteiger partial charge on any atom is -0.323 e. The highest BCUT2D eigenvalue weighted by Crippen LogP contribution is 2.18. The van der Waals surface area contributed by atoms with Crippen LogP contribution in [0.5, 0.6) is 0 Å². The fraction of sp³-hybridized carbons (Fsp3) is 0.125. The Kier molecular flexibility index (Phi) is 5.34. The second-order valence-electron chi connectivity index (χ2n) is 5.07. The molecular weight excluding hydrogens is 348 g/mol. The van der Waals surface area contributed by atoms with E-state index in [0.717, 1.165) is 35.5 Å². The molecule has 0 unspecified atom stereocenters. The summed E-state index contributed by atoms with van der Waals surface area (Å²) in [6, 6.07) is 12.5. The Morgan fingerprint density at radius 3 is 2.76 bits per heavy atom. The van der Waals surface area contributed by atoms with Crippen molar-refractivity contribution in [1.29, 1.82) is 0 Å². The van der Waals surface area contributed by atoms with E-state index < -0.39 is 17.5 Å². The van der Waals surface area contributed by atoms with Gasteiger partial charge in [-0.1, -0.05) is 42.1 Å². The monoisotopic (exact) mass is 361 g/mol. The zero-order valence-electron chi connectivity index (χ0n) is 12.9. The summed E-state index contributed by atoms with van der Waals surface area (Å²) >= 11 is 1.11. The fourth-order valence-electron chi connectivity index (χ4n) is 2.07. The van der Waals surface area contributed by atoms with Crippen molar-refractivity contribution in [2.75, 3.05) is 11.1 Å². The number of aromatic nitrogens is 4. The first kappa shape index (κ1) is 17.0. The van der Waals surface area contributed by atoms with Crippen LogP contribution in [-0.4, -0.2) is 31.9 Å². The van der Waals surface area contributed by atoms with Gasteiger partial charge >= 0.3 is 0 Å². The van der Waals surface area contributed by atoms with Crippen LogP contribution in [0.15, 0.2) is 53.7 Å². The highest BCUT2D eigenvalue weighted by molar-refractivity contribution is 7.99. The van der Waals surface area contributed by atoms with E-state index in [1.807, 2.05) is 30.3 Å². The van der Waals surface area contributed by atoms with Gasteiger partial charge in [-0.3, -0.25) is 4.79 Å². The number of carbonyl (C=O) groups is 1. The van der Waals surface area contributed by atoms with Crippen molar-refractivity contribution in [3.8, 4) is 0 Å². The number of carbonyl (C=O) groups excluding carboxylic acids is 1. The van der Waals surface area contributed by atoms with Crippen LogP contribution in [0.2, 0.25) is 0 Å². The van der Waals surface area contributed by atoms with Crippen molar-refractivity contribution in [3.05, 3.63) is 65.7 Å². The van der Waals surface area contributed by atoms with Crippen LogP contribution in [0.25, 0.3) is 0 Å². The summed E-state index contributed by atoms with van der Waals surface area (Å²) in [6.07, 6.45) is 0. The number of anilines is 1. The summed E-state index contributed by atoms with van der Waals surface area (Å²) in [5.74, 6) is -1.85. The van der Waals surface area contributed by atoms with Gasteiger partial charge in [0.1, 0.15) is 11.6 Å². The molecule has 0 saturated carbocycles. The average molecular weight is 361 g/mol. The Morgan fingerprint density at radius 1 is 1.16 bits per heavy atom. The lowest BCUT2D eigenvalue weighted by atomic mass is 10.2. The number of hydrogen-bond donors (Lipinski definition) is 1. The molecule has 3 rings (SSSR count). The van der Waals surface area contributed by atoms with Crippen LogP contribution >= 0.6 is 11.8 Å². The molecular formula is C16H13F2N5OS. The Labute approximate surface area is 146 Å². The summed E-state index contributed by atoms with van der Waals surface area (Å²) in [5, 5.41) is 14.2. The molecule has 0 fully saturated rings. The Bertz CT molecular complexity index is 872. The van der Waals surface area contributed by atoms with E-state index in [0.29, 0.717) is 11.7 Å². The van der Waals surface area contributed by atoms with Gasteiger partial charge in [0.2, 0.25) is 11.1 Å². The smallest absolute Gasteiger partial charge is 0.234 e. The lowest BCUT2D eigenvalue weighted by molar-refractivity contribution is -0.113. The predicted molar refractivity (Wildman–Crippen MR) is 89.1 cm³/mol. The van der Waals surface area contributed by atoms with Crippen LogP contribution in [0, 0.1) is 11.6 Å².